The van der Waals surface area contributed by atoms with E-state index in [1.54, 1.807) is 30.9 Å². The molecule has 0 saturated carbocycles. The third-order valence-corrected chi connectivity index (χ3v) is 18.8. The van der Waals surface area contributed by atoms with E-state index in [0.29, 0.717) is 121 Å². The van der Waals surface area contributed by atoms with Crippen LogP contribution in [0.25, 0.3) is 0 Å². The number of methoxy groups -OCH3 is 3. The van der Waals surface area contributed by atoms with Crippen LogP contribution in [0.5, 0.6) is 0 Å². The Kier molecular flexibility index (Phi) is 47.5. The van der Waals surface area contributed by atoms with Crippen LogP contribution in [0.15, 0.2) is 4.99 Å². The van der Waals surface area contributed by atoms with Crippen molar-refractivity contribution in [1.82, 2.24) is 46.6 Å². The number of aliphatic hydroxyl groups is 3. The first-order chi connectivity index (χ1) is 48.9. The molecule has 3 aliphatic rings. The van der Waals surface area contributed by atoms with Gasteiger partial charge in [-0.3, -0.25) is 67.3 Å². The lowest BCUT2D eigenvalue weighted by Crippen LogP contribution is -2.54. The van der Waals surface area contributed by atoms with Gasteiger partial charge in [-0.2, -0.15) is 0 Å². The Morgan fingerprint density at radius 3 is 0.981 bits per heavy atom. The van der Waals surface area contributed by atoms with E-state index in [0.717, 1.165) is 7.11 Å². The van der Waals surface area contributed by atoms with Crippen molar-refractivity contribution in [2.24, 2.45) is 57.7 Å². The minimum absolute atomic E-state index is 0. The van der Waals surface area contributed by atoms with Crippen molar-refractivity contribution < 1.29 is 97.0 Å². The number of aliphatic imine (C=N–C) groups is 1. The predicted octanol–water partition coefficient (Wildman–Crippen LogP) is 0.360. The fourth-order valence-corrected chi connectivity index (χ4v) is 12.8. The summed E-state index contributed by atoms with van der Waals surface area (Å²) in [5.74, 6) is -8.86. The second kappa shape index (κ2) is 51.1. The van der Waals surface area contributed by atoms with Crippen LogP contribution in [0.1, 0.15) is 192 Å². The lowest BCUT2D eigenvalue weighted by atomic mass is 9.92. The lowest BCUT2D eigenvalue weighted by molar-refractivity contribution is -0.152. The topological polar surface area (TPSA) is 503 Å². The maximum absolute atomic E-state index is 13.3. The Morgan fingerprint density at radius 2 is 0.743 bits per heavy atom. The lowest BCUT2D eigenvalue weighted by Gasteiger charge is -2.30. The zero-order chi connectivity index (χ0) is 79.2. The molecule has 0 aromatic rings. The molecule has 3 rings (SSSR count). The van der Waals surface area contributed by atoms with Gasteiger partial charge in [-0.05, 0) is 163 Å². The van der Waals surface area contributed by atoms with Crippen molar-refractivity contribution in [2.75, 3.05) is 75.2 Å². The van der Waals surface area contributed by atoms with E-state index in [1.165, 1.54) is 39.9 Å². The molecule has 15 atom stereocenters. The number of hydrogen-bond acceptors (Lipinski definition) is 24. The van der Waals surface area contributed by atoms with Crippen molar-refractivity contribution in [3.05, 3.63) is 0 Å². The first kappa shape index (κ1) is 97.7. The molecule has 105 heavy (non-hydrogen) atoms. The first-order valence-electron chi connectivity index (χ1n) is 36.6. The molecule has 0 radical (unpaired) electrons. The molecule has 0 aliphatic carbocycles. The molecule has 0 aromatic heterocycles. The summed E-state index contributed by atoms with van der Waals surface area (Å²) >= 11 is 0. The Labute approximate surface area is 621 Å². The number of rotatable bonds is 44. The Morgan fingerprint density at radius 1 is 0.457 bits per heavy atom. The predicted molar refractivity (Wildman–Crippen MR) is 394 cm³/mol. The van der Waals surface area contributed by atoms with Crippen LogP contribution in [0.3, 0.4) is 0 Å². The third kappa shape index (κ3) is 34.0. The fraction of sp³-hybridized carbons (Fsp3) is 0.806. The van der Waals surface area contributed by atoms with Gasteiger partial charge in [0.2, 0.25) is 35.4 Å². The summed E-state index contributed by atoms with van der Waals surface area (Å²) in [7, 11) is 8.67. The largest absolute Gasteiger partial charge is 0.481 e. The number of aliphatic hydroxyl groups excluding tert-OH is 3. The number of carboxylic acids is 1. The number of carboxylic acid groups (broad SMARTS) is 1. The SMILES string of the molecule is C.CN[C@@H](CC(C)C)C(=O)N1CCC[C@H]1C(=O)N[C@@H](CCC(=O)O)C(=O)C[C@H](C(=O)OC)C(C)O.CN[C@@H](CC(C)C)C(=O)N1CCC[C@H]1C(=O)N[C@@H](CCCCN)C(=O)C[C@H](C(=O)OC)C(C)O.CN[C@@H](CC(C)C)C(=O)N1CCC[C@H]1C(=O)N[C@@H](CCCN=C(N)N)C(=O)C[C@H](C(=O)OC)C(C)O. The number of guanidine groups is 1. The maximum atomic E-state index is 13.3. The number of aliphatic carboxylic acids is 1. The highest BCUT2D eigenvalue weighted by molar-refractivity contribution is 5.98. The molecule has 0 bridgehead atoms. The minimum Gasteiger partial charge on any atom is -0.481 e. The number of Topliss-reactive ketones (excluding diaryl/α,β-unsaturated/α-hetero) is 3. The van der Waals surface area contributed by atoms with E-state index in [2.05, 4.69) is 41.6 Å². The van der Waals surface area contributed by atoms with Crippen LogP contribution in [0, 0.1) is 35.5 Å². The minimum atomic E-state index is -1.18. The molecular formula is C72H131N13O20. The molecule has 33 nitrogen and oxygen atoms in total. The number of nitrogens with one attached hydrogen (secondary N) is 6. The van der Waals surface area contributed by atoms with Gasteiger partial charge in [-0.15, -0.1) is 0 Å². The normalized spacial score (nSPS) is 19.0. The first-order valence-corrected chi connectivity index (χ1v) is 36.6. The van der Waals surface area contributed by atoms with E-state index in [-0.39, 0.29) is 93.4 Å². The molecule has 3 fully saturated rings. The van der Waals surface area contributed by atoms with Crippen LogP contribution in [-0.4, -0.2) is 266 Å². The zero-order valence-electron chi connectivity index (χ0n) is 64.2. The number of esters is 3. The highest BCUT2D eigenvalue weighted by Gasteiger charge is 2.43. The monoisotopic (exact) mass is 1500 g/mol. The van der Waals surface area contributed by atoms with Crippen LogP contribution in [0.2, 0.25) is 0 Å². The van der Waals surface area contributed by atoms with Crippen molar-refractivity contribution in [3.63, 3.8) is 0 Å². The molecule has 33 heteroatoms. The highest BCUT2D eigenvalue weighted by Crippen LogP contribution is 2.26. The van der Waals surface area contributed by atoms with Gasteiger partial charge in [0.25, 0.3) is 0 Å². The van der Waals surface area contributed by atoms with Crippen LogP contribution >= 0.6 is 0 Å². The van der Waals surface area contributed by atoms with Gasteiger partial charge in [0.15, 0.2) is 23.3 Å². The Bertz CT molecular complexity index is 2790. The van der Waals surface area contributed by atoms with E-state index in [4.69, 9.17) is 31.8 Å². The van der Waals surface area contributed by atoms with Gasteiger partial charge in [0.05, 0.1) is 93.6 Å². The summed E-state index contributed by atoms with van der Waals surface area (Å²) in [6.45, 7) is 18.4. The number of nitrogens with zero attached hydrogens (tertiary/aromatic N) is 4. The number of ketones is 3. The third-order valence-electron chi connectivity index (χ3n) is 18.8. The van der Waals surface area contributed by atoms with Gasteiger partial charge >= 0.3 is 23.9 Å². The molecule has 3 aliphatic heterocycles. The Hall–Kier alpha value is -7.30. The molecule has 16 N–H and O–H groups in total. The molecule has 604 valence electrons. The number of likely N-dealkylation sites (N-methyl/N-ethyl adjacent to an activating group) is 3. The molecule has 3 saturated heterocycles. The quantitative estimate of drug-likeness (QED) is 0.0129. The molecule has 6 amide bonds. The smallest absolute Gasteiger partial charge is 0.311 e. The summed E-state index contributed by atoms with van der Waals surface area (Å²) in [6, 6.07) is -6.28. The van der Waals surface area contributed by atoms with Crippen LogP contribution < -0.4 is 49.1 Å². The summed E-state index contributed by atoms with van der Waals surface area (Å²) < 4.78 is 14.1. The molecule has 0 aromatic carbocycles. The molecule has 0 spiro atoms. The average molecular weight is 1500 g/mol. The standard InChI is InChI=1S/C24H44N6O6.C24H44N4O6.C23H39N3O8.CH4/c1-14(2)12-18(27-4)22(34)30-11-7-9-19(30)21(33)29-17(8-6-10-28-24(25)26)20(32)13-16(15(3)31)23(35)36-5;1-15(2)13-19(26-4)23(32)28-12-8-10-20(28)22(31)27-18(9-6-7-11-25)21(30)14-17(16(3)29)24(33)34-5;1-13(2)11-17(24-4)22(32)26-10-6-7-18(26)21(31)25-16(8-9-20(29)30)19(28)12-15(14(3)27)23(33)34-5;/h14-19,27,31H,6-13H2,1-5H3,(H,29,33)(H4,25,26,28);15-20,26,29H,6-14,25H2,1-5H3,(H,27,31);13-18,24,27H,6-12H2,1-5H3,(H,25,31)(H,29,30);1H4/t15?,16-,17-,18-,19-;16?,17-,18-,19-,20-;14?,15-,16-,17-,18-;/m000./s1. The number of carbonyl (C=O) groups excluding carboxylic acids is 12. The van der Waals surface area contributed by atoms with Crippen molar-refractivity contribution >= 4 is 82.6 Å². The number of amides is 6. The van der Waals surface area contributed by atoms with E-state index in [1.807, 2.05) is 41.5 Å². The summed E-state index contributed by atoms with van der Waals surface area (Å²) in [5, 5.41) is 56.1. The summed E-state index contributed by atoms with van der Waals surface area (Å²) in [6.07, 6.45) is 2.77. The number of ether oxygens (including phenoxy) is 3. The van der Waals surface area contributed by atoms with E-state index in [9.17, 15) is 77.6 Å². The maximum Gasteiger partial charge on any atom is 0.311 e. The summed E-state index contributed by atoms with van der Waals surface area (Å²) in [5.41, 5.74) is 16.3. The van der Waals surface area contributed by atoms with Gasteiger partial charge < -0.3 is 98.4 Å². The molecule has 3 heterocycles. The molecular weight excluding hydrogens is 1370 g/mol. The number of hydrogen-bond donors (Lipinski definition) is 13. The van der Waals surface area contributed by atoms with Crippen molar-refractivity contribution in [2.45, 2.75) is 264 Å². The van der Waals surface area contributed by atoms with Gasteiger partial charge in [-0.25, -0.2) is 0 Å². The van der Waals surface area contributed by atoms with Crippen molar-refractivity contribution in [1.29, 1.82) is 0 Å². The second-order valence-electron chi connectivity index (χ2n) is 28.5. The molecule has 3 unspecified atom stereocenters. The number of unbranched alkanes of at least 4 members (excludes halogenated alkanes) is 1. The number of nitrogens with two attached hydrogens (primary N) is 3. The van der Waals surface area contributed by atoms with E-state index < -0.39 is 138 Å². The fourth-order valence-electron chi connectivity index (χ4n) is 12.8. The van der Waals surface area contributed by atoms with Gasteiger partial charge in [-0.1, -0.05) is 49.0 Å². The zero-order valence-corrected chi connectivity index (χ0v) is 64.2. The highest BCUT2D eigenvalue weighted by atomic mass is 16.5. The number of carbonyl (C=O) groups is 13. The summed E-state index contributed by atoms with van der Waals surface area (Å²) in [4.78, 5) is 174. The van der Waals surface area contributed by atoms with Gasteiger partial charge in [0.1, 0.15) is 18.1 Å². The second-order valence-corrected chi connectivity index (χ2v) is 28.5. The van der Waals surface area contributed by atoms with Gasteiger partial charge in [0, 0.05) is 51.9 Å². The Balaban J connectivity index is 0.00000154. The van der Waals surface area contributed by atoms with E-state index >= 15 is 0 Å². The van der Waals surface area contributed by atoms with Crippen LogP contribution in [-0.2, 0) is 76.5 Å². The average Bonchev–Trinajstić information content (AvgIpc) is 1.73. The van der Waals surface area contributed by atoms with Crippen molar-refractivity contribution in [3.8, 4) is 0 Å². The van der Waals surface area contributed by atoms with Crippen LogP contribution in [0.4, 0.5) is 0 Å². The number of likely N-dealkylation sites (tertiary alicyclic amines) is 3.